The minimum atomic E-state index is -4.04. The molecule has 3 nitrogen and oxygen atoms in total. The third-order valence-electron chi connectivity index (χ3n) is 4.27. The van der Waals surface area contributed by atoms with Crippen LogP contribution in [0.15, 0.2) is 12.4 Å². The summed E-state index contributed by atoms with van der Waals surface area (Å²) in [4.78, 5) is 4.36. The molecular weight excluding hydrogens is 267 g/mol. The minimum absolute atomic E-state index is 0.0502. The Morgan fingerprint density at radius 1 is 1.35 bits per heavy atom. The zero-order valence-electron chi connectivity index (χ0n) is 12.0. The molecular formula is C14H22F3N3. The molecule has 0 aromatic carbocycles. The predicted molar refractivity (Wildman–Crippen MR) is 71.1 cm³/mol. The monoisotopic (exact) mass is 289 g/mol. The standard InChI is InChI=1S/C14H22F3N3/c1-3-18-12(13-19-8-9-20(13)2)10-4-6-11(7-5-10)14(15,16)17/h8-12,18H,3-7H2,1-2H3. The predicted octanol–water partition coefficient (Wildman–Crippen LogP) is 3.44. The fourth-order valence-electron chi connectivity index (χ4n) is 3.15. The average molecular weight is 289 g/mol. The van der Waals surface area contributed by atoms with Gasteiger partial charge in [-0.15, -0.1) is 0 Å². The van der Waals surface area contributed by atoms with Gasteiger partial charge in [-0.05, 0) is 38.1 Å². The van der Waals surface area contributed by atoms with E-state index in [4.69, 9.17) is 0 Å². The molecule has 1 aromatic heterocycles. The Morgan fingerprint density at radius 3 is 2.45 bits per heavy atom. The molecule has 1 fully saturated rings. The van der Waals surface area contributed by atoms with Crippen molar-refractivity contribution in [1.29, 1.82) is 0 Å². The molecule has 0 aliphatic heterocycles. The Bertz CT molecular complexity index is 420. The summed E-state index contributed by atoms with van der Waals surface area (Å²) in [5.41, 5.74) is 0. The highest BCUT2D eigenvalue weighted by molar-refractivity contribution is 5.02. The third kappa shape index (κ3) is 3.34. The highest BCUT2D eigenvalue weighted by atomic mass is 19.4. The van der Waals surface area contributed by atoms with Crippen LogP contribution in [-0.2, 0) is 7.05 Å². The van der Waals surface area contributed by atoms with E-state index in [9.17, 15) is 13.2 Å². The summed E-state index contributed by atoms with van der Waals surface area (Å²) in [6.07, 6.45) is 1.26. The van der Waals surface area contributed by atoms with Gasteiger partial charge in [-0.2, -0.15) is 13.2 Å². The zero-order valence-corrected chi connectivity index (χ0v) is 12.0. The summed E-state index contributed by atoms with van der Waals surface area (Å²) in [5, 5.41) is 3.38. The van der Waals surface area contributed by atoms with Crippen molar-refractivity contribution in [3.8, 4) is 0 Å². The van der Waals surface area contributed by atoms with Gasteiger partial charge in [0.1, 0.15) is 5.82 Å². The maximum atomic E-state index is 12.7. The molecule has 1 heterocycles. The summed E-state index contributed by atoms with van der Waals surface area (Å²) < 4.78 is 40.1. The van der Waals surface area contributed by atoms with Crippen molar-refractivity contribution in [2.24, 2.45) is 18.9 Å². The number of halogens is 3. The molecule has 0 spiro atoms. The maximum Gasteiger partial charge on any atom is 0.391 e. The number of hydrogen-bond donors (Lipinski definition) is 1. The van der Waals surface area contributed by atoms with E-state index in [0.29, 0.717) is 12.8 Å². The molecule has 1 N–H and O–H groups in total. The molecule has 1 atom stereocenters. The van der Waals surface area contributed by atoms with Gasteiger partial charge in [-0.3, -0.25) is 0 Å². The third-order valence-corrected chi connectivity index (χ3v) is 4.27. The van der Waals surface area contributed by atoms with Crippen LogP contribution in [0, 0.1) is 11.8 Å². The van der Waals surface area contributed by atoms with Gasteiger partial charge < -0.3 is 9.88 Å². The number of aromatic nitrogens is 2. The Kier molecular flexibility index (Phi) is 4.73. The van der Waals surface area contributed by atoms with Gasteiger partial charge in [0.05, 0.1) is 12.0 Å². The molecule has 1 saturated carbocycles. The number of rotatable bonds is 4. The minimum Gasteiger partial charge on any atom is -0.337 e. The number of imidazole rings is 1. The topological polar surface area (TPSA) is 29.9 Å². The average Bonchev–Trinajstić information content (AvgIpc) is 2.81. The zero-order chi connectivity index (χ0) is 14.8. The lowest BCUT2D eigenvalue weighted by Crippen LogP contribution is -2.35. The summed E-state index contributed by atoms with van der Waals surface area (Å²) >= 11 is 0. The van der Waals surface area contributed by atoms with Gasteiger partial charge in [0.2, 0.25) is 0 Å². The molecule has 1 aliphatic carbocycles. The van der Waals surface area contributed by atoms with E-state index in [1.165, 1.54) is 0 Å². The second-order valence-corrected chi connectivity index (χ2v) is 5.59. The first-order chi connectivity index (χ1) is 9.43. The van der Waals surface area contributed by atoms with Crippen LogP contribution in [0.1, 0.15) is 44.5 Å². The summed E-state index contributed by atoms with van der Waals surface area (Å²) in [7, 11) is 1.92. The van der Waals surface area contributed by atoms with Crippen molar-refractivity contribution in [3.63, 3.8) is 0 Å². The van der Waals surface area contributed by atoms with Crippen LogP contribution in [0.2, 0.25) is 0 Å². The van der Waals surface area contributed by atoms with E-state index < -0.39 is 12.1 Å². The van der Waals surface area contributed by atoms with Gasteiger partial charge >= 0.3 is 6.18 Å². The van der Waals surface area contributed by atoms with Gasteiger partial charge in [0.25, 0.3) is 0 Å². The van der Waals surface area contributed by atoms with Gasteiger partial charge in [-0.25, -0.2) is 4.98 Å². The quantitative estimate of drug-likeness (QED) is 0.920. The van der Waals surface area contributed by atoms with Crippen LogP contribution in [0.4, 0.5) is 13.2 Å². The largest absolute Gasteiger partial charge is 0.391 e. The molecule has 0 bridgehead atoms. The molecule has 2 rings (SSSR count). The Morgan fingerprint density at radius 2 is 2.00 bits per heavy atom. The fraction of sp³-hybridized carbons (Fsp3) is 0.786. The fourth-order valence-corrected chi connectivity index (χ4v) is 3.15. The Balaban J connectivity index is 2.04. The highest BCUT2D eigenvalue weighted by Crippen LogP contribution is 2.42. The van der Waals surface area contributed by atoms with E-state index in [0.717, 1.165) is 12.4 Å². The molecule has 0 radical (unpaired) electrons. The summed E-state index contributed by atoms with van der Waals surface area (Å²) in [5.74, 6) is 0.0272. The number of aryl methyl sites for hydroxylation is 1. The van der Waals surface area contributed by atoms with Crippen molar-refractivity contribution in [2.75, 3.05) is 6.54 Å². The van der Waals surface area contributed by atoms with Crippen molar-refractivity contribution in [1.82, 2.24) is 14.9 Å². The van der Waals surface area contributed by atoms with Crippen LogP contribution < -0.4 is 5.32 Å². The molecule has 1 unspecified atom stereocenters. The van der Waals surface area contributed by atoms with Crippen LogP contribution in [0.25, 0.3) is 0 Å². The number of hydrogen-bond acceptors (Lipinski definition) is 2. The molecule has 114 valence electrons. The lowest BCUT2D eigenvalue weighted by atomic mass is 9.78. The molecule has 0 saturated heterocycles. The van der Waals surface area contributed by atoms with E-state index >= 15 is 0 Å². The van der Waals surface area contributed by atoms with Crippen molar-refractivity contribution >= 4 is 0 Å². The van der Waals surface area contributed by atoms with Crippen molar-refractivity contribution < 1.29 is 13.2 Å². The van der Waals surface area contributed by atoms with Crippen LogP contribution in [0.3, 0.4) is 0 Å². The van der Waals surface area contributed by atoms with Crippen molar-refractivity contribution in [3.05, 3.63) is 18.2 Å². The van der Waals surface area contributed by atoms with E-state index in [1.54, 1.807) is 6.20 Å². The first-order valence-corrected chi connectivity index (χ1v) is 7.20. The molecule has 1 aliphatic rings. The normalized spacial score (nSPS) is 25.6. The lowest BCUT2D eigenvalue weighted by molar-refractivity contribution is -0.184. The summed E-state index contributed by atoms with van der Waals surface area (Å²) in [6.45, 7) is 2.80. The first-order valence-electron chi connectivity index (χ1n) is 7.20. The van der Waals surface area contributed by atoms with Gasteiger partial charge in [0, 0.05) is 19.4 Å². The Hall–Kier alpha value is -1.04. The smallest absolute Gasteiger partial charge is 0.337 e. The highest BCUT2D eigenvalue weighted by Gasteiger charge is 2.42. The first kappa shape index (κ1) is 15.4. The molecule has 0 amide bonds. The molecule has 1 aromatic rings. The van der Waals surface area contributed by atoms with E-state index in [1.807, 2.05) is 24.7 Å². The van der Waals surface area contributed by atoms with Crippen LogP contribution in [0.5, 0.6) is 0 Å². The second kappa shape index (κ2) is 6.16. The van der Waals surface area contributed by atoms with Gasteiger partial charge in [0.15, 0.2) is 0 Å². The Labute approximate surface area is 117 Å². The van der Waals surface area contributed by atoms with E-state index in [-0.39, 0.29) is 24.8 Å². The molecule has 6 heteroatoms. The summed E-state index contributed by atoms with van der Waals surface area (Å²) in [6, 6.07) is 0.0502. The van der Waals surface area contributed by atoms with Crippen LogP contribution in [-0.4, -0.2) is 22.3 Å². The SMILES string of the molecule is CCNC(c1nccn1C)C1CCC(C(F)(F)F)CC1. The van der Waals surface area contributed by atoms with E-state index in [2.05, 4.69) is 10.3 Å². The second-order valence-electron chi connectivity index (χ2n) is 5.59. The molecule has 20 heavy (non-hydrogen) atoms. The van der Waals surface area contributed by atoms with Crippen molar-refractivity contribution in [2.45, 2.75) is 44.8 Å². The maximum absolute atomic E-state index is 12.7. The van der Waals surface area contributed by atoms with Gasteiger partial charge in [-0.1, -0.05) is 6.92 Å². The number of nitrogens with zero attached hydrogens (tertiary/aromatic N) is 2. The lowest BCUT2D eigenvalue weighted by Gasteiger charge is -2.34. The number of nitrogens with one attached hydrogen (secondary N) is 1. The van der Waals surface area contributed by atoms with Crippen LogP contribution >= 0.6 is 0 Å². The number of alkyl halides is 3.